The van der Waals surface area contributed by atoms with Gasteiger partial charge in [0.25, 0.3) is 5.91 Å². The first kappa shape index (κ1) is 17.5. The molecule has 0 heterocycles. The van der Waals surface area contributed by atoms with Crippen molar-refractivity contribution in [2.75, 3.05) is 5.32 Å². The van der Waals surface area contributed by atoms with E-state index in [2.05, 4.69) is 40.3 Å². The van der Waals surface area contributed by atoms with Gasteiger partial charge in [-0.2, -0.15) is 0 Å². The Kier molecular flexibility index (Phi) is 6.66. The molecule has 2 aromatic rings. The molecule has 0 fully saturated rings. The van der Waals surface area contributed by atoms with Crippen LogP contribution in [0.25, 0.3) is 0 Å². The molecule has 0 saturated heterocycles. The van der Waals surface area contributed by atoms with Crippen LogP contribution in [0.5, 0.6) is 5.75 Å². The van der Waals surface area contributed by atoms with Crippen molar-refractivity contribution in [1.82, 2.24) is 0 Å². The van der Waals surface area contributed by atoms with Crippen LogP contribution < -0.4 is 10.1 Å². The molecule has 1 unspecified atom stereocenters. The Hall–Kier alpha value is -1.81. The first-order chi connectivity index (χ1) is 11.1. The van der Waals surface area contributed by atoms with Crippen LogP contribution in [0, 0.1) is 0 Å². The van der Waals surface area contributed by atoms with Crippen LogP contribution in [0.3, 0.4) is 0 Å². The predicted octanol–water partition coefficient (Wildman–Crippen LogP) is 5.20. The molecule has 1 N–H and O–H groups in total. The lowest BCUT2D eigenvalue weighted by Crippen LogP contribution is -2.30. The topological polar surface area (TPSA) is 38.3 Å². The predicted molar refractivity (Wildman–Crippen MR) is 97.9 cm³/mol. The summed E-state index contributed by atoms with van der Waals surface area (Å²) in [7, 11) is 0. The summed E-state index contributed by atoms with van der Waals surface area (Å²) in [4.78, 5) is 12.2. The summed E-state index contributed by atoms with van der Waals surface area (Å²) in [5.74, 6) is 0.514. The number of carbonyl (C=O) groups is 1. The van der Waals surface area contributed by atoms with E-state index in [0.717, 1.165) is 16.6 Å². The van der Waals surface area contributed by atoms with Gasteiger partial charge in [0, 0.05) is 10.2 Å². The van der Waals surface area contributed by atoms with E-state index in [0.29, 0.717) is 5.75 Å². The van der Waals surface area contributed by atoms with Crippen LogP contribution in [0.4, 0.5) is 5.69 Å². The van der Waals surface area contributed by atoms with Gasteiger partial charge in [0.15, 0.2) is 6.10 Å². The molecule has 4 heteroatoms. The van der Waals surface area contributed by atoms with Crippen molar-refractivity contribution in [2.45, 2.75) is 39.2 Å². The van der Waals surface area contributed by atoms with Crippen molar-refractivity contribution >= 4 is 27.5 Å². The van der Waals surface area contributed by atoms with Crippen LogP contribution in [0.1, 0.15) is 32.3 Å². The highest BCUT2D eigenvalue weighted by molar-refractivity contribution is 9.10. The number of rotatable bonds is 7. The summed E-state index contributed by atoms with van der Waals surface area (Å²) in [5, 5.41) is 2.88. The number of unbranched alkanes of at least 4 members (excludes halogenated alkanes) is 1. The van der Waals surface area contributed by atoms with Crippen LogP contribution in [-0.4, -0.2) is 12.0 Å². The molecule has 2 aromatic carbocycles. The number of hydrogen-bond acceptors (Lipinski definition) is 2. The van der Waals surface area contributed by atoms with E-state index in [-0.39, 0.29) is 5.91 Å². The van der Waals surface area contributed by atoms with Gasteiger partial charge in [-0.25, -0.2) is 0 Å². The average Bonchev–Trinajstić information content (AvgIpc) is 2.56. The van der Waals surface area contributed by atoms with Gasteiger partial charge in [-0.3, -0.25) is 4.79 Å². The van der Waals surface area contributed by atoms with Crippen molar-refractivity contribution in [1.29, 1.82) is 0 Å². The van der Waals surface area contributed by atoms with Crippen molar-refractivity contribution < 1.29 is 9.53 Å². The Morgan fingerprint density at radius 1 is 1.13 bits per heavy atom. The largest absolute Gasteiger partial charge is 0.481 e. The number of hydrogen-bond donors (Lipinski definition) is 1. The summed E-state index contributed by atoms with van der Waals surface area (Å²) in [6.45, 7) is 3.93. The Labute approximate surface area is 146 Å². The minimum Gasteiger partial charge on any atom is -0.481 e. The molecule has 0 saturated carbocycles. The molecule has 1 amide bonds. The molecule has 0 bridgehead atoms. The highest BCUT2D eigenvalue weighted by atomic mass is 79.9. The standard InChI is InChI=1S/C19H22BrNO2/c1-3-4-5-15-6-10-17(11-7-15)21-19(22)14(2)23-18-12-8-16(20)9-13-18/h6-14H,3-5H2,1-2H3,(H,21,22). The average molecular weight is 376 g/mol. The van der Waals surface area contributed by atoms with Gasteiger partial charge in [-0.15, -0.1) is 0 Å². The molecule has 1 atom stereocenters. The summed E-state index contributed by atoms with van der Waals surface area (Å²) in [6.07, 6.45) is 2.89. The fourth-order valence-electron chi connectivity index (χ4n) is 2.15. The molecule has 3 nitrogen and oxygen atoms in total. The Morgan fingerprint density at radius 3 is 2.39 bits per heavy atom. The first-order valence-electron chi connectivity index (χ1n) is 7.90. The number of benzene rings is 2. The minimum absolute atomic E-state index is 0.158. The van der Waals surface area contributed by atoms with Crippen molar-refractivity contribution in [3.63, 3.8) is 0 Å². The molecule has 0 aromatic heterocycles. The molecule has 2 rings (SSSR count). The smallest absolute Gasteiger partial charge is 0.265 e. The van der Waals surface area contributed by atoms with Gasteiger partial charge >= 0.3 is 0 Å². The van der Waals surface area contributed by atoms with Gasteiger partial charge in [0.1, 0.15) is 5.75 Å². The first-order valence-corrected chi connectivity index (χ1v) is 8.70. The molecule has 0 aliphatic rings. The van der Waals surface area contributed by atoms with Crippen LogP contribution in [0.2, 0.25) is 0 Å². The molecular weight excluding hydrogens is 354 g/mol. The maximum absolute atomic E-state index is 12.2. The fraction of sp³-hybridized carbons (Fsp3) is 0.316. The van der Waals surface area contributed by atoms with E-state index < -0.39 is 6.10 Å². The zero-order valence-electron chi connectivity index (χ0n) is 13.5. The second-order valence-corrected chi connectivity index (χ2v) is 6.42. The number of amides is 1. The Bertz CT molecular complexity index is 623. The summed E-state index contributed by atoms with van der Waals surface area (Å²) < 4.78 is 6.62. The highest BCUT2D eigenvalue weighted by Crippen LogP contribution is 2.18. The SMILES string of the molecule is CCCCc1ccc(NC(=O)C(C)Oc2ccc(Br)cc2)cc1. The lowest BCUT2D eigenvalue weighted by Gasteiger charge is -2.15. The molecule has 23 heavy (non-hydrogen) atoms. The van der Waals surface area contributed by atoms with Gasteiger partial charge < -0.3 is 10.1 Å². The van der Waals surface area contributed by atoms with Crippen LogP contribution >= 0.6 is 15.9 Å². The molecule has 0 radical (unpaired) electrons. The number of halogens is 1. The summed E-state index contributed by atoms with van der Waals surface area (Å²) in [5.41, 5.74) is 2.09. The number of nitrogens with one attached hydrogen (secondary N) is 1. The summed E-state index contributed by atoms with van der Waals surface area (Å²) >= 11 is 3.37. The third-order valence-corrected chi connectivity index (χ3v) is 4.06. The number of aryl methyl sites for hydroxylation is 1. The molecular formula is C19H22BrNO2. The highest BCUT2D eigenvalue weighted by Gasteiger charge is 2.14. The van der Waals surface area contributed by atoms with E-state index in [1.54, 1.807) is 6.92 Å². The zero-order chi connectivity index (χ0) is 16.7. The van der Waals surface area contributed by atoms with E-state index in [1.165, 1.54) is 18.4 Å². The number of anilines is 1. The van der Waals surface area contributed by atoms with E-state index in [9.17, 15) is 4.79 Å². The molecule has 0 aliphatic heterocycles. The van der Waals surface area contributed by atoms with Gasteiger partial charge in [-0.1, -0.05) is 41.4 Å². The Morgan fingerprint density at radius 2 is 1.78 bits per heavy atom. The molecule has 0 aliphatic carbocycles. The van der Waals surface area contributed by atoms with Crippen molar-refractivity contribution in [2.24, 2.45) is 0 Å². The van der Waals surface area contributed by atoms with Crippen LogP contribution in [0.15, 0.2) is 53.0 Å². The maximum Gasteiger partial charge on any atom is 0.265 e. The second kappa shape index (κ2) is 8.73. The zero-order valence-corrected chi connectivity index (χ0v) is 15.1. The van der Waals surface area contributed by atoms with E-state index in [1.807, 2.05) is 36.4 Å². The van der Waals surface area contributed by atoms with E-state index in [4.69, 9.17) is 4.74 Å². The normalized spacial score (nSPS) is 11.8. The third kappa shape index (κ3) is 5.71. The van der Waals surface area contributed by atoms with Gasteiger partial charge in [0.05, 0.1) is 0 Å². The van der Waals surface area contributed by atoms with E-state index >= 15 is 0 Å². The molecule has 0 spiro atoms. The monoisotopic (exact) mass is 375 g/mol. The number of ether oxygens (including phenoxy) is 1. The van der Waals surface area contributed by atoms with Crippen molar-refractivity contribution in [3.05, 3.63) is 58.6 Å². The number of carbonyl (C=O) groups excluding carboxylic acids is 1. The lowest BCUT2D eigenvalue weighted by molar-refractivity contribution is -0.122. The van der Waals surface area contributed by atoms with Crippen molar-refractivity contribution in [3.8, 4) is 5.75 Å². The molecule has 122 valence electrons. The van der Waals surface area contributed by atoms with Gasteiger partial charge in [0.2, 0.25) is 0 Å². The lowest BCUT2D eigenvalue weighted by atomic mass is 10.1. The van der Waals surface area contributed by atoms with Crippen LogP contribution in [-0.2, 0) is 11.2 Å². The maximum atomic E-state index is 12.2. The Balaban J connectivity index is 1.88. The third-order valence-electron chi connectivity index (χ3n) is 3.54. The fourth-order valence-corrected chi connectivity index (χ4v) is 2.41. The second-order valence-electron chi connectivity index (χ2n) is 5.50. The quantitative estimate of drug-likeness (QED) is 0.722. The van der Waals surface area contributed by atoms with Gasteiger partial charge in [-0.05, 0) is 61.7 Å². The summed E-state index contributed by atoms with van der Waals surface area (Å²) in [6, 6.07) is 15.4. The minimum atomic E-state index is -0.559.